The summed E-state index contributed by atoms with van der Waals surface area (Å²) in [6, 6.07) is 3.13. The van der Waals surface area contributed by atoms with Gasteiger partial charge in [-0.3, -0.25) is 5.32 Å². The molecule has 0 aromatic carbocycles. The van der Waals surface area contributed by atoms with E-state index in [1.807, 2.05) is 0 Å². The van der Waals surface area contributed by atoms with Crippen molar-refractivity contribution in [2.24, 2.45) is 5.41 Å². The van der Waals surface area contributed by atoms with Crippen LogP contribution in [0.15, 0.2) is 0 Å². The molecule has 0 aromatic rings. The molecule has 1 saturated carbocycles. The molecule has 0 aromatic heterocycles. The van der Waals surface area contributed by atoms with E-state index in [9.17, 15) is 5.26 Å². The van der Waals surface area contributed by atoms with Crippen LogP contribution in [0.1, 0.15) is 59.8 Å². The predicted octanol–water partition coefficient (Wildman–Crippen LogP) is 3.17. The Labute approximate surface area is 119 Å². The van der Waals surface area contributed by atoms with Crippen molar-refractivity contribution in [1.29, 1.82) is 5.26 Å². The molecule has 0 heterocycles. The molecule has 0 saturated heterocycles. The number of nitrogens with zero attached hydrogens (tertiary/aromatic N) is 2. The quantitative estimate of drug-likeness (QED) is 0.732. The van der Waals surface area contributed by atoms with Gasteiger partial charge in [-0.05, 0) is 51.1 Å². The van der Waals surface area contributed by atoms with E-state index >= 15 is 0 Å². The molecule has 0 spiro atoms. The molecule has 0 bridgehead atoms. The predicted molar refractivity (Wildman–Crippen MR) is 81.0 cm³/mol. The first-order valence-corrected chi connectivity index (χ1v) is 7.68. The van der Waals surface area contributed by atoms with Gasteiger partial charge in [0, 0.05) is 12.6 Å². The summed E-state index contributed by atoms with van der Waals surface area (Å²) < 4.78 is 0. The molecule has 1 fully saturated rings. The fourth-order valence-electron chi connectivity index (χ4n) is 2.68. The highest BCUT2D eigenvalue weighted by Gasteiger charge is 2.34. The molecule has 0 radical (unpaired) electrons. The summed E-state index contributed by atoms with van der Waals surface area (Å²) in [4.78, 5) is 2.38. The highest BCUT2D eigenvalue weighted by atomic mass is 15.1. The van der Waals surface area contributed by atoms with E-state index in [1.54, 1.807) is 0 Å². The molecule has 0 amide bonds. The van der Waals surface area contributed by atoms with Gasteiger partial charge in [0.2, 0.25) is 0 Å². The molecule has 19 heavy (non-hydrogen) atoms. The number of hydrogen-bond donors (Lipinski definition) is 1. The molecule has 0 aliphatic heterocycles. The van der Waals surface area contributed by atoms with Crippen LogP contribution in [0.2, 0.25) is 0 Å². The number of nitriles is 1. The highest BCUT2D eigenvalue weighted by Crippen LogP contribution is 2.26. The van der Waals surface area contributed by atoms with Crippen LogP contribution < -0.4 is 5.32 Å². The van der Waals surface area contributed by atoms with E-state index in [-0.39, 0.29) is 5.54 Å². The molecule has 1 aliphatic rings. The average molecular weight is 265 g/mol. The van der Waals surface area contributed by atoms with Gasteiger partial charge >= 0.3 is 0 Å². The van der Waals surface area contributed by atoms with Gasteiger partial charge in [-0.1, -0.05) is 27.7 Å². The first-order valence-electron chi connectivity index (χ1n) is 7.68. The zero-order valence-electron chi connectivity index (χ0n) is 13.4. The van der Waals surface area contributed by atoms with Gasteiger partial charge in [-0.15, -0.1) is 0 Å². The largest absolute Gasteiger partial charge is 0.306 e. The molecular weight excluding hydrogens is 234 g/mol. The van der Waals surface area contributed by atoms with Gasteiger partial charge in [0.05, 0.1) is 6.07 Å². The SMILES string of the molecule is CCC(C#N)(CCCN(C)CC(C)(C)C)NC1CC1. The van der Waals surface area contributed by atoms with Gasteiger partial charge in [-0.2, -0.15) is 5.26 Å². The molecule has 1 N–H and O–H groups in total. The summed E-state index contributed by atoms with van der Waals surface area (Å²) in [6.45, 7) is 11.1. The molecule has 1 aliphatic carbocycles. The molecule has 1 atom stereocenters. The minimum atomic E-state index is -0.288. The molecule has 3 nitrogen and oxygen atoms in total. The van der Waals surface area contributed by atoms with Crippen LogP contribution in [0, 0.1) is 16.7 Å². The summed E-state index contributed by atoms with van der Waals surface area (Å²) in [5.41, 5.74) is 0.0574. The van der Waals surface area contributed by atoms with Crippen molar-refractivity contribution in [1.82, 2.24) is 10.2 Å². The fourth-order valence-corrected chi connectivity index (χ4v) is 2.68. The normalized spacial score (nSPS) is 19.2. The van der Waals surface area contributed by atoms with E-state index in [0.29, 0.717) is 11.5 Å². The van der Waals surface area contributed by atoms with Crippen molar-refractivity contribution in [2.45, 2.75) is 71.4 Å². The zero-order valence-corrected chi connectivity index (χ0v) is 13.4. The summed E-state index contributed by atoms with van der Waals surface area (Å²) in [6.07, 6.45) is 5.45. The fraction of sp³-hybridized carbons (Fsp3) is 0.938. The van der Waals surface area contributed by atoms with Crippen molar-refractivity contribution in [3.63, 3.8) is 0 Å². The smallest absolute Gasteiger partial charge is 0.106 e. The van der Waals surface area contributed by atoms with Crippen LogP contribution in [0.3, 0.4) is 0 Å². The zero-order chi connectivity index (χ0) is 14.5. The maximum atomic E-state index is 9.48. The van der Waals surface area contributed by atoms with Crippen molar-refractivity contribution in [3.05, 3.63) is 0 Å². The van der Waals surface area contributed by atoms with Crippen LogP contribution in [0.25, 0.3) is 0 Å². The molecule has 110 valence electrons. The number of hydrogen-bond acceptors (Lipinski definition) is 3. The third kappa shape index (κ3) is 6.40. The summed E-state index contributed by atoms with van der Waals surface area (Å²) in [5, 5.41) is 13.0. The van der Waals surface area contributed by atoms with E-state index in [4.69, 9.17) is 0 Å². The second-order valence-electron chi connectivity index (χ2n) is 7.37. The first-order chi connectivity index (χ1) is 8.80. The van der Waals surface area contributed by atoms with Crippen molar-refractivity contribution in [3.8, 4) is 6.07 Å². The lowest BCUT2D eigenvalue weighted by Crippen LogP contribution is -2.45. The van der Waals surface area contributed by atoms with Gasteiger partial charge in [-0.25, -0.2) is 0 Å². The van der Waals surface area contributed by atoms with Gasteiger partial charge < -0.3 is 4.90 Å². The first kappa shape index (κ1) is 16.5. The average Bonchev–Trinajstić information content (AvgIpc) is 3.09. The van der Waals surface area contributed by atoms with Gasteiger partial charge in [0.1, 0.15) is 5.54 Å². The summed E-state index contributed by atoms with van der Waals surface area (Å²) in [7, 11) is 2.18. The van der Waals surface area contributed by atoms with Crippen LogP contribution >= 0.6 is 0 Å². The van der Waals surface area contributed by atoms with E-state index in [0.717, 1.165) is 32.4 Å². The van der Waals surface area contributed by atoms with E-state index in [1.165, 1.54) is 12.8 Å². The third-order valence-corrected chi connectivity index (χ3v) is 3.76. The van der Waals surface area contributed by atoms with Crippen LogP contribution in [0.4, 0.5) is 0 Å². The lowest BCUT2D eigenvalue weighted by Gasteiger charge is -2.30. The van der Waals surface area contributed by atoms with Crippen molar-refractivity contribution in [2.75, 3.05) is 20.1 Å². The van der Waals surface area contributed by atoms with E-state index < -0.39 is 0 Å². The van der Waals surface area contributed by atoms with Crippen molar-refractivity contribution >= 4 is 0 Å². The molecule has 1 rings (SSSR count). The molecule has 1 unspecified atom stereocenters. The summed E-state index contributed by atoms with van der Waals surface area (Å²) >= 11 is 0. The lowest BCUT2D eigenvalue weighted by molar-refractivity contribution is 0.216. The Bertz CT molecular complexity index is 309. The Morgan fingerprint density at radius 1 is 1.32 bits per heavy atom. The third-order valence-electron chi connectivity index (χ3n) is 3.76. The van der Waals surface area contributed by atoms with Gasteiger partial charge in [0.15, 0.2) is 0 Å². The minimum absolute atomic E-state index is 0.288. The molecule has 3 heteroatoms. The Hall–Kier alpha value is -0.590. The lowest BCUT2D eigenvalue weighted by atomic mass is 9.91. The van der Waals surface area contributed by atoms with Gasteiger partial charge in [0.25, 0.3) is 0 Å². The Balaban J connectivity index is 2.34. The maximum absolute atomic E-state index is 9.48. The standard InChI is InChI=1S/C16H31N3/c1-6-16(12-17,18-14-8-9-14)10-7-11-19(5)13-15(2,3)4/h14,18H,6-11,13H2,1-5H3. The highest BCUT2D eigenvalue weighted by molar-refractivity contribution is 5.09. The monoisotopic (exact) mass is 265 g/mol. The Morgan fingerprint density at radius 2 is 1.95 bits per heavy atom. The Morgan fingerprint density at radius 3 is 2.37 bits per heavy atom. The number of rotatable bonds is 8. The van der Waals surface area contributed by atoms with Crippen molar-refractivity contribution < 1.29 is 0 Å². The van der Waals surface area contributed by atoms with Crippen LogP contribution in [-0.4, -0.2) is 36.6 Å². The maximum Gasteiger partial charge on any atom is 0.106 e. The second kappa shape index (κ2) is 6.72. The summed E-state index contributed by atoms with van der Waals surface area (Å²) in [5.74, 6) is 0. The Kier molecular flexibility index (Phi) is 5.82. The molecular formula is C16H31N3. The topological polar surface area (TPSA) is 39.1 Å². The second-order valence-corrected chi connectivity index (χ2v) is 7.37. The van der Waals surface area contributed by atoms with Crippen LogP contribution in [0.5, 0.6) is 0 Å². The minimum Gasteiger partial charge on any atom is -0.306 e. The number of nitrogens with one attached hydrogen (secondary N) is 1. The van der Waals surface area contributed by atoms with Crippen LogP contribution in [-0.2, 0) is 0 Å². The van der Waals surface area contributed by atoms with E-state index in [2.05, 4.69) is 51.0 Å².